The van der Waals surface area contributed by atoms with Crippen LogP contribution in [0.1, 0.15) is 13.8 Å². The van der Waals surface area contributed by atoms with E-state index in [2.05, 4.69) is 0 Å². The van der Waals surface area contributed by atoms with Gasteiger partial charge < -0.3 is 4.42 Å². The standard InChI is InChI=1S/C12H13NO4S/c1-8(2)12(14)13-18(15,16)10-4-3-9-5-6-17-11(9)7-10/h3-8H,1-2H3,(H,13,14). The third kappa shape index (κ3) is 2.38. The van der Waals surface area contributed by atoms with Crippen molar-refractivity contribution in [3.63, 3.8) is 0 Å². The minimum Gasteiger partial charge on any atom is -0.464 e. The lowest BCUT2D eigenvalue weighted by molar-refractivity contribution is -0.122. The summed E-state index contributed by atoms with van der Waals surface area (Å²) < 4.78 is 31.0. The molecule has 0 aliphatic carbocycles. The number of hydrogen-bond donors (Lipinski definition) is 1. The molecule has 0 bridgehead atoms. The monoisotopic (exact) mass is 267 g/mol. The van der Waals surface area contributed by atoms with Gasteiger partial charge in [-0.15, -0.1) is 0 Å². The maximum atomic E-state index is 11.9. The molecule has 1 N–H and O–H groups in total. The second kappa shape index (κ2) is 4.45. The minimum atomic E-state index is -3.83. The molecule has 2 rings (SSSR count). The molecule has 0 unspecified atom stereocenters. The molecule has 0 aliphatic rings. The number of carbonyl (C=O) groups is 1. The van der Waals surface area contributed by atoms with Crippen molar-refractivity contribution < 1.29 is 17.6 Å². The Morgan fingerprint density at radius 3 is 2.67 bits per heavy atom. The van der Waals surface area contributed by atoms with Crippen LogP contribution >= 0.6 is 0 Å². The first-order valence-corrected chi connectivity index (χ1v) is 6.92. The topological polar surface area (TPSA) is 76.4 Å². The van der Waals surface area contributed by atoms with Gasteiger partial charge in [-0.3, -0.25) is 4.79 Å². The largest absolute Gasteiger partial charge is 0.464 e. The number of rotatable bonds is 3. The van der Waals surface area contributed by atoms with Crippen LogP contribution in [0.4, 0.5) is 0 Å². The summed E-state index contributed by atoms with van der Waals surface area (Å²) in [5, 5.41) is 0.809. The maximum absolute atomic E-state index is 11.9. The number of sulfonamides is 1. The molecule has 0 saturated carbocycles. The van der Waals surface area contributed by atoms with Crippen molar-refractivity contribution in [2.45, 2.75) is 18.7 Å². The molecule has 0 aliphatic heterocycles. The first-order chi connectivity index (χ1) is 8.40. The number of carbonyl (C=O) groups excluding carboxylic acids is 1. The number of benzene rings is 1. The number of amides is 1. The molecule has 0 atom stereocenters. The van der Waals surface area contributed by atoms with Gasteiger partial charge in [0.05, 0.1) is 11.2 Å². The van der Waals surface area contributed by atoms with Gasteiger partial charge in [0, 0.05) is 17.4 Å². The average Bonchev–Trinajstić information content (AvgIpc) is 2.74. The molecule has 0 radical (unpaired) electrons. The molecule has 1 amide bonds. The zero-order chi connectivity index (χ0) is 13.3. The number of furan rings is 1. The molecule has 0 fully saturated rings. The zero-order valence-corrected chi connectivity index (χ0v) is 10.8. The van der Waals surface area contributed by atoms with E-state index in [0.717, 1.165) is 5.39 Å². The fourth-order valence-corrected chi connectivity index (χ4v) is 2.54. The molecule has 5 nitrogen and oxygen atoms in total. The molecule has 0 spiro atoms. The minimum absolute atomic E-state index is 0.0129. The second-order valence-corrected chi connectivity index (χ2v) is 5.93. The van der Waals surface area contributed by atoms with Crippen molar-refractivity contribution in [3.05, 3.63) is 30.5 Å². The van der Waals surface area contributed by atoms with Gasteiger partial charge in [-0.1, -0.05) is 13.8 Å². The van der Waals surface area contributed by atoms with Gasteiger partial charge in [0.2, 0.25) is 5.91 Å². The highest BCUT2D eigenvalue weighted by Crippen LogP contribution is 2.19. The van der Waals surface area contributed by atoms with Crippen LogP contribution in [0.2, 0.25) is 0 Å². The molecule has 2 aromatic rings. The van der Waals surface area contributed by atoms with Crippen molar-refractivity contribution >= 4 is 26.9 Å². The Labute approximate surface area is 105 Å². The maximum Gasteiger partial charge on any atom is 0.264 e. The SMILES string of the molecule is CC(C)C(=O)NS(=O)(=O)c1ccc2ccoc2c1. The summed E-state index contributed by atoms with van der Waals surface area (Å²) in [5.41, 5.74) is 0.467. The number of fused-ring (bicyclic) bond motifs is 1. The highest BCUT2D eigenvalue weighted by molar-refractivity contribution is 7.90. The molecular formula is C12H13NO4S. The normalized spacial score (nSPS) is 11.9. The quantitative estimate of drug-likeness (QED) is 0.921. The fourth-order valence-electron chi connectivity index (χ4n) is 1.41. The van der Waals surface area contributed by atoms with Crippen molar-refractivity contribution in [2.75, 3.05) is 0 Å². The average molecular weight is 267 g/mol. The molecule has 0 saturated heterocycles. The predicted molar refractivity (Wildman–Crippen MR) is 66.4 cm³/mol. The van der Waals surface area contributed by atoms with Crippen LogP contribution in [0.3, 0.4) is 0 Å². The molecule has 96 valence electrons. The Morgan fingerprint density at radius 1 is 1.28 bits per heavy atom. The van der Waals surface area contributed by atoms with Gasteiger partial charge in [-0.25, -0.2) is 13.1 Å². The molecule has 6 heteroatoms. The van der Waals surface area contributed by atoms with Crippen molar-refractivity contribution in [1.29, 1.82) is 0 Å². The van der Waals surface area contributed by atoms with Crippen LogP contribution in [-0.2, 0) is 14.8 Å². The van der Waals surface area contributed by atoms with Gasteiger partial charge >= 0.3 is 0 Å². The number of hydrogen-bond acceptors (Lipinski definition) is 4. The van der Waals surface area contributed by atoms with E-state index in [0.29, 0.717) is 5.58 Å². The summed E-state index contributed by atoms with van der Waals surface area (Å²) in [6, 6.07) is 6.20. The summed E-state index contributed by atoms with van der Waals surface area (Å²) in [6.45, 7) is 3.25. The summed E-state index contributed by atoms with van der Waals surface area (Å²) in [7, 11) is -3.83. The van der Waals surface area contributed by atoms with Crippen LogP contribution < -0.4 is 4.72 Å². The summed E-state index contributed by atoms with van der Waals surface area (Å²) in [6.07, 6.45) is 1.48. The molecular weight excluding hydrogens is 254 g/mol. The highest BCUT2D eigenvalue weighted by Gasteiger charge is 2.20. The van der Waals surface area contributed by atoms with Crippen molar-refractivity contribution in [1.82, 2.24) is 4.72 Å². The Bertz CT molecular complexity index is 685. The van der Waals surface area contributed by atoms with E-state index in [-0.39, 0.29) is 4.90 Å². The predicted octanol–water partition coefficient (Wildman–Crippen LogP) is 1.89. The number of nitrogens with one attached hydrogen (secondary N) is 1. The first-order valence-electron chi connectivity index (χ1n) is 5.44. The summed E-state index contributed by atoms with van der Waals surface area (Å²) in [4.78, 5) is 11.4. The lowest BCUT2D eigenvalue weighted by atomic mass is 10.2. The van der Waals surface area contributed by atoms with Gasteiger partial charge in [-0.2, -0.15) is 0 Å². The molecule has 1 heterocycles. The van der Waals surface area contributed by atoms with Gasteiger partial charge in [-0.05, 0) is 18.2 Å². The molecule has 1 aromatic heterocycles. The van der Waals surface area contributed by atoms with Crippen LogP contribution in [0.25, 0.3) is 11.0 Å². The zero-order valence-electron chi connectivity index (χ0n) is 10.0. The second-order valence-electron chi connectivity index (χ2n) is 4.24. The Hall–Kier alpha value is -1.82. The lowest BCUT2D eigenvalue weighted by Crippen LogP contribution is -2.33. The fraction of sp³-hybridized carbons (Fsp3) is 0.250. The third-order valence-electron chi connectivity index (χ3n) is 2.50. The van der Waals surface area contributed by atoms with Crippen LogP contribution in [0, 0.1) is 5.92 Å². The van der Waals surface area contributed by atoms with E-state index in [1.165, 1.54) is 18.4 Å². The van der Waals surface area contributed by atoms with E-state index in [1.54, 1.807) is 26.0 Å². The smallest absolute Gasteiger partial charge is 0.264 e. The molecule has 1 aromatic carbocycles. The van der Waals surface area contributed by atoms with E-state index < -0.39 is 21.8 Å². The Morgan fingerprint density at radius 2 is 2.00 bits per heavy atom. The van der Waals surface area contributed by atoms with Crippen molar-refractivity contribution in [3.8, 4) is 0 Å². The first kappa shape index (κ1) is 12.6. The van der Waals surface area contributed by atoms with Gasteiger partial charge in [0.25, 0.3) is 10.0 Å². The van der Waals surface area contributed by atoms with E-state index in [4.69, 9.17) is 4.42 Å². The highest BCUT2D eigenvalue weighted by atomic mass is 32.2. The van der Waals surface area contributed by atoms with Crippen molar-refractivity contribution in [2.24, 2.45) is 5.92 Å². The van der Waals surface area contributed by atoms with E-state index in [9.17, 15) is 13.2 Å². The Kier molecular flexibility index (Phi) is 3.13. The lowest BCUT2D eigenvalue weighted by Gasteiger charge is -2.08. The Balaban J connectivity index is 2.37. The van der Waals surface area contributed by atoms with Crippen LogP contribution in [0.5, 0.6) is 0 Å². The summed E-state index contributed by atoms with van der Waals surface area (Å²) >= 11 is 0. The van der Waals surface area contributed by atoms with E-state index >= 15 is 0 Å². The van der Waals surface area contributed by atoms with E-state index in [1.807, 2.05) is 4.72 Å². The summed E-state index contributed by atoms with van der Waals surface area (Å²) in [5.74, 6) is -0.929. The van der Waals surface area contributed by atoms with Gasteiger partial charge in [0.1, 0.15) is 5.58 Å². The molecule has 18 heavy (non-hydrogen) atoms. The van der Waals surface area contributed by atoms with Crippen LogP contribution in [-0.4, -0.2) is 14.3 Å². The van der Waals surface area contributed by atoms with Gasteiger partial charge in [0.15, 0.2) is 0 Å². The third-order valence-corrected chi connectivity index (χ3v) is 3.84. The van der Waals surface area contributed by atoms with Crippen LogP contribution in [0.15, 0.2) is 39.8 Å².